The maximum Gasteiger partial charge on any atom is 0.326 e. The first-order valence-corrected chi connectivity index (χ1v) is 12.4. The van der Waals surface area contributed by atoms with Crippen LogP contribution in [0.1, 0.15) is 37.7 Å². The molecule has 1 aromatic rings. The van der Waals surface area contributed by atoms with Gasteiger partial charge in [-0.25, -0.2) is 4.79 Å². The number of aliphatic carboxylic acids is 2. The Morgan fingerprint density at radius 3 is 1.90 bits per heavy atom. The predicted octanol–water partition coefficient (Wildman–Crippen LogP) is -3.41. The van der Waals surface area contributed by atoms with Crippen molar-refractivity contribution in [3.05, 3.63) is 29.8 Å². The third-order valence-electron chi connectivity index (χ3n) is 5.61. The highest BCUT2D eigenvalue weighted by Crippen LogP contribution is 2.11. The minimum atomic E-state index is -1.58. The Hall–Kier alpha value is -4.93. The average molecular weight is 581 g/mol. The van der Waals surface area contributed by atoms with E-state index < -0.39 is 79.0 Å². The molecule has 4 atom stereocenters. The van der Waals surface area contributed by atoms with E-state index in [1.165, 1.54) is 24.3 Å². The van der Waals surface area contributed by atoms with Crippen LogP contribution in [0.25, 0.3) is 0 Å². The SMILES string of the molecule is NC(=O)CC(NC(=O)C(N)Cc1ccc(O)cc1)C(=O)NC(CCC(=O)O)C(=O)NC(CCCN=C(N)N)C(=O)O. The van der Waals surface area contributed by atoms with Crippen LogP contribution in [-0.4, -0.2) is 87.6 Å². The first-order valence-electron chi connectivity index (χ1n) is 12.4. The van der Waals surface area contributed by atoms with Crippen LogP contribution in [0.2, 0.25) is 0 Å². The summed E-state index contributed by atoms with van der Waals surface area (Å²) >= 11 is 0. The second-order valence-corrected chi connectivity index (χ2v) is 9.05. The van der Waals surface area contributed by atoms with Gasteiger partial charge in [0.05, 0.1) is 12.5 Å². The number of carboxylic acids is 2. The molecule has 0 aliphatic rings. The number of hydrogen-bond donors (Lipinski definition) is 10. The van der Waals surface area contributed by atoms with Crippen molar-refractivity contribution < 1.29 is 44.1 Å². The normalized spacial score (nSPS) is 13.5. The number of carbonyl (C=O) groups is 6. The summed E-state index contributed by atoms with van der Waals surface area (Å²) < 4.78 is 0. The molecule has 1 aromatic carbocycles. The van der Waals surface area contributed by atoms with Crippen LogP contribution in [0.4, 0.5) is 0 Å². The molecule has 17 heteroatoms. The van der Waals surface area contributed by atoms with Gasteiger partial charge in [0.15, 0.2) is 5.96 Å². The van der Waals surface area contributed by atoms with Gasteiger partial charge in [0.2, 0.25) is 23.6 Å². The number of nitrogens with zero attached hydrogens (tertiary/aromatic N) is 1. The molecule has 0 saturated heterocycles. The predicted molar refractivity (Wildman–Crippen MR) is 144 cm³/mol. The van der Waals surface area contributed by atoms with Crippen molar-refractivity contribution in [2.75, 3.05) is 6.54 Å². The van der Waals surface area contributed by atoms with Crippen LogP contribution in [0, 0.1) is 0 Å². The fourth-order valence-corrected chi connectivity index (χ4v) is 3.51. The van der Waals surface area contributed by atoms with E-state index in [-0.39, 0.29) is 37.5 Å². The number of aliphatic imine (C=N–C) groups is 1. The summed E-state index contributed by atoms with van der Waals surface area (Å²) in [6, 6.07) is 0.135. The number of phenols is 1. The Morgan fingerprint density at radius 1 is 0.805 bits per heavy atom. The van der Waals surface area contributed by atoms with Crippen LogP contribution >= 0.6 is 0 Å². The van der Waals surface area contributed by atoms with Crippen molar-refractivity contribution in [3.63, 3.8) is 0 Å². The summed E-state index contributed by atoms with van der Waals surface area (Å²) in [5, 5.41) is 34.7. The number of phenolic OH excluding ortho intramolecular Hbond substituents is 1. The van der Waals surface area contributed by atoms with Gasteiger partial charge in [-0.1, -0.05) is 12.1 Å². The van der Waals surface area contributed by atoms with Crippen LogP contribution in [0.3, 0.4) is 0 Å². The fourth-order valence-electron chi connectivity index (χ4n) is 3.51. The molecule has 0 spiro atoms. The largest absolute Gasteiger partial charge is 0.508 e. The number of carbonyl (C=O) groups excluding carboxylic acids is 4. The van der Waals surface area contributed by atoms with Gasteiger partial charge in [-0.15, -0.1) is 0 Å². The van der Waals surface area contributed by atoms with E-state index in [1.54, 1.807) is 0 Å². The molecule has 4 unspecified atom stereocenters. The Kier molecular flexibility index (Phi) is 14.1. The van der Waals surface area contributed by atoms with E-state index in [2.05, 4.69) is 20.9 Å². The van der Waals surface area contributed by atoms with E-state index in [4.69, 9.17) is 28.0 Å². The van der Waals surface area contributed by atoms with E-state index in [0.717, 1.165) is 0 Å². The molecule has 0 heterocycles. The molecule has 0 aliphatic heterocycles. The summed E-state index contributed by atoms with van der Waals surface area (Å²) in [7, 11) is 0. The third kappa shape index (κ3) is 13.6. The van der Waals surface area contributed by atoms with Gasteiger partial charge >= 0.3 is 11.9 Å². The number of nitrogens with one attached hydrogen (secondary N) is 3. The second kappa shape index (κ2) is 16.9. The second-order valence-electron chi connectivity index (χ2n) is 9.05. The molecule has 41 heavy (non-hydrogen) atoms. The van der Waals surface area contributed by atoms with Crippen LogP contribution in [0.15, 0.2) is 29.3 Å². The third-order valence-corrected chi connectivity index (χ3v) is 5.61. The van der Waals surface area contributed by atoms with Crippen LogP contribution in [0.5, 0.6) is 5.75 Å². The zero-order valence-electron chi connectivity index (χ0n) is 22.1. The average Bonchev–Trinajstić information content (AvgIpc) is 2.88. The molecule has 0 saturated carbocycles. The van der Waals surface area contributed by atoms with Crippen LogP contribution in [-0.2, 0) is 35.2 Å². The molecule has 226 valence electrons. The lowest BCUT2D eigenvalue weighted by Crippen LogP contribution is -2.58. The maximum atomic E-state index is 13.0. The Morgan fingerprint density at radius 2 is 1.37 bits per heavy atom. The molecule has 0 radical (unpaired) electrons. The number of hydrogen-bond acceptors (Lipinski definition) is 9. The van der Waals surface area contributed by atoms with Gasteiger partial charge in [-0.2, -0.15) is 0 Å². The first-order chi connectivity index (χ1) is 19.2. The van der Waals surface area contributed by atoms with E-state index in [0.29, 0.717) is 5.56 Å². The quantitative estimate of drug-likeness (QED) is 0.0461. The number of rotatable bonds is 18. The van der Waals surface area contributed by atoms with Gasteiger partial charge in [0.25, 0.3) is 0 Å². The Bertz CT molecular complexity index is 1120. The van der Waals surface area contributed by atoms with Crippen molar-refractivity contribution in [3.8, 4) is 5.75 Å². The van der Waals surface area contributed by atoms with Gasteiger partial charge in [-0.3, -0.25) is 29.0 Å². The van der Waals surface area contributed by atoms with Gasteiger partial charge in [0.1, 0.15) is 23.9 Å². The lowest BCUT2D eigenvalue weighted by molar-refractivity contribution is -0.143. The zero-order chi connectivity index (χ0) is 31.1. The molecule has 0 aliphatic carbocycles. The van der Waals surface area contributed by atoms with Gasteiger partial charge < -0.3 is 54.2 Å². The minimum Gasteiger partial charge on any atom is -0.508 e. The van der Waals surface area contributed by atoms with E-state index in [1.807, 2.05) is 0 Å². The van der Waals surface area contributed by atoms with Crippen molar-refractivity contribution in [1.82, 2.24) is 16.0 Å². The number of benzene rings is 1. The van der Waals surface area contributed by atoms with Crippen molar-refractivity contribution in [2.45, 2.75) is 62.7 Å². The highest BCUT2D eigenvalue weighted by molar-refractivity contribution is 5.96. The Labute approximate surface area is 234 Å². The molecule has 14 N–H and O–H groups in total. The number of guanidine groups is 1. The molecule has 0 fully saturated rings. The number of aromatic hydroxyl groups is 1. The summed E-state index contributed by atoms with van der Waals surface area (Å²) in [6.07, 6.45) is -1.59. The highest BCUT2D eigenvalue weighted by atomic mass is 16.4. The fraction of sp³-hybridized carbons (Fsp3) is 0.458. The highest BCUT2D eigenvalue weighted by Gasteiger charge is 2.31. The molecular formula is C24H36N8O9. The number of amides is 4. The topological polar surface area (TPSA) is 316 Å². The maximum absolute atomic E-state index is 13.0. The lowest BCUT2D eigenvalue weighted by Gasteiger charge is -2.24. The molecule has 4 amide bonds. The van der Waals surface area contributed by atoms with Gasteiger partial charge in [0, 0.05) is 13.0 Å². The molecule has 1 rings (SSSR count). The molecule has 0 bridgehead atoms. The minimum absolute atomic E-state index is 0.00655. The van der Waals surface area contributed by atoms with Crippen LogP contribution < -0.4 is 38.9 Å². The lowest BCUT2D eigenvalue weighted by atomic mass is 10.0. The molecular weight excluding hydrogens is 544 g/mol. The summed E-state index contributed by atoms with van der Waals surface area (Å²) in [5.74, 6) is -6.77. The smallest absolute Gasteiger partial charge is 0.326 e. The van der Waals surface area contributed by atoms with Crippen molar-refractivity contribution >= 4 is 41.5 Å². The van der Waals surface area contributed by atoms with Crippen molar-refractivity contribution in [2.24, 2.45) is 27.9 Å². The first kappa shape index (κ1) is 34.1. The summed E-state index contributed by atoms with van der Waals surface area (Å²) in [6.45, 7) is 0.0878. The molecule has 0 aromatic heterocycles. The Balaban J connectivity index is 2.99. The zero-order valence-corrected chi connectivity index (χ0v) is 22.1. The summed E-state index contributed by atoms with van der Waals surface area (Å²) in [5.41, 5.74) is 22.2. The van der Waals surface area contributed by atoms with Crippen molar-refractivity contribution in [1.29, 1.82) is 0 Å². The van der Waals surface area contributed by atoms with E-state index in [9.17, 15) is 39.0 Å². The molecule has 17 nitrogen and oxygen atoms in total. The monoisotopic (exact) mass is 580 g/mol. The van der Waals surface area contributed by atoms with Gasteiger partial charge in [-0.05, 0) is 43.4 Å². The summed E-state index contributed by atoms with van der Waals surface area (Å²) in [4.78, 5) is 76.6. The van der Waals surface area contributed by atoms with E-state index >= 15 is 0 Å². The number of carboxylic acid groups (broad SMARTS) is 2. The standard InChI is InChI=1S/C24H36N8O9/c25-14(10-12-3-5-13(33)6-4-12)20(37)32-17(11-18(26)34)22(39)30-15(7-8-19(35)36)21(38)31-16(23(40)41)2-1-9-29-24(27)28/h3-6,14-17,33H,1-2,7-11,25H2,(H2,26,34)(H,30,39)(H,31,38)(H,32,37)(H,35,36)(H,40,41)(H4,27,28,29). The number of nitrogens with two attached hydrogens (primary N) is 4. The number of primary amides is 1.